The van der Waals surface area contributed by atoms with Crippen molar-refractivity contribution in [3.05, 3.63) is 32.7 Å². The number of benzene rings is 1. The average molecular weight is 390 g/mol. The van der Waals surface area contributed by atoms with Gasteiger partial charge in [0.15, 0.2) is 0 Å². The highest BCUT2D eigenvalue weighted by atomic mass is 79.9. The van der Waals surface area contributed by atoms with Crippen LogP contribution in [0, 0.1) is 5.92 Å². The molecule has 4 heteroatoms. The quantitative estimate of drug-likeness (QED) is 0.811. The molecule has 106 valence electrons. The molecule has 0 aliphatic carbocycles. The van der Waals surface area contributed by atoms with Crippen molar-refractivity contribution >= 4 is 31.9 Å². The van der Waals surface area contributed by atoms with Crippen molar-refractivity contribution in [2.45, 2.75) is 26.3 Å². The molecule has 19 heavy (non-hydrogen) atoms. The monoisotopic (exact) mass is 388 g/mol. The Kier molecular flexibility index (Phi) is 5.87. The fraction of sp³-hybridized carbons (Fsp3) is 0.600. The second-order valence-corrected chi connectivity index (χ2v) is 7.11. The summed E-state index contributed by atoms with van der Waals surface area (Å²) in [6.07, 6.45) is 1.33. The molecule has 1 heterocycles. The van der Waals surface area contributed by atoms with Gasteiger partial charge in [0.2, 0.25) is 0 Å². The van der Waals surface area contributed by atoms with Crippen molar-refractivity contribution in [1.82, 2.24) is 10.2 Å². The van der Waals surface area contributed by atoms with Crippen LogP contribution in [0.3, 0.4) is 0 Å². The number of likely N-dealkylation sites (tertiary alicyclic amines) is 1. The van der Waals surface area contributed by atoms with E-state index in [1.54, 1.807) is 0 Å². The van der Waals surface area contributed by atoms with Gasteiger partial charge < -0.3 is 10.2 Å². The summed E-state index contributed by atoms with van der Waals surface area (Å²) in [7, 11) is 0. The maximum absolute atomic E-state index is 3.67. The van der Waals surface area contributed by atoms with E-state index in [1.807, 2.05) is 0 Å². The molecule has 1 N–H and O–H groups in total. The summed E-state index contributed by atoms with van der Waals surface area (Å²) in [6.45, 7) is 9.29. The van der Waals surface area contributed by atoms with Crippen LogP contribution in [0.5, 0.6) is 0 Å². The fourth-order valence-electron chi connectivity index (χ4n) is 2.67. The largest absolute Gasteiger partial charge is 0.310 e. The van der Waals surface area contributed by atoms with Gasteiger partial charge in [-0.3, -0.25) is 0 Å². The maximum atomic E-state index is 3.67. The predicted octanol–water partition coefficient (Wildman–Crippen LogP) is 4.20. The Hall–Kier alpha value is 0.1000. The molecule has 1 aliphatic rings. The van der Waals surface area contributed by atoms with Gasteiger partial charge in [0.25, 0.3) is 0 Å². The van der Waals surface area contributed by atoms with E-state index in [0.717, 1.165) is 16.9 Å². The zero-order valence-electron chi connectivity index (χ0n) is 11.6. The minimum Gasteiger partial charge on any atom is -0.310 e. The van der Waals surface area contributed by atoms with E-state index in [0.29, 0.717) is 6.04 Å². The van der Waals surface area contributed by atoms with Crippen molar-refractivity contribution in [2.24, 2.45) is 5.92 Å². The smallest absolute Gasteiger partial charge is 0.0303 e. The molecule has 1 aromatic rings. The summed E-state index contributed by atoms with van der Waals surface area (Å²) in [5.41, 5.74) is 1.33. The minimum absolute atomic E-state index is 0.387. The Bertz CT molecular complexity index is 423. The highest BCUT2D eigenvalue weighted by molar-refractivity contribution is 9.11. The first-order valence-corrected chi connectivity index (χ1v) is 8.59. The number of halogens is 2. The summed E-state index contributed by atoms with van der Waals surface area (Å²) in [4.78, 5) is 2.53. The highest BCUT2D eigenvalue weighted by Gasteiger charge is 2.21. The number of nitrogens with one attached hydrogen (secondary N) is 1. The van der Waals surface area contributed by atoms with Crippen LogP contribution in [0.1, 0.15) is 31.9 Å². The lowest BCUT2D eigenvalue weighted by atomic mass is 10.1. The molecular weight excluding hydrogens is 368 g/mol. The van der Waals surface area contributed by atoms with Crippen LogP contribution >= 0.6 is 31.9 Å². The lowest BCUT2D eigenvalue weighted by molar-refractivity contribution is 0.336. The second kappa shape index (κ2) is 7.21. The molecular formula is C15H22Br2N2. The van der Waals surface area contributed by atoms with Crippen LogP contribution in [0.4, 0.5) is 0 Å². The van der Waals surface area contributed by atoms with Gasteiger partial charge in [0.05, 0.1) is 0 Å². The molecule has 0 amide bonds. The fourth-order valence-corrected chi connectivity index (χ4v) is 4.06. The van der Waals surface area contributed by atoms with Crippen molar-refractivity contribution in [3.63, 3.8) is 0 Å². The zero-order valence-corrected chi connectivity index (χ0v) is 14.8. The lowest BCUT2D eigenvalue weighted by Crippen LogP contribution is -2.28. The summed E-state index contributed by atoms with van der Waals surface area (Å²) in [6, 6.07) is 6.78. The molecule has 2 nitrogen and oxygen atoms in total. The van der Waals surface area contributed by atoms with Crippen molar-refractivity contribution in [1.29, 1.82) is 0 Å². The molecule has 1 aromatic carbocycles. The predicted molar refractivity (Wildman–Crippen MR) is 88.5 cm³/mol. The molecule has 1 saturated heterocycles. The van der Waals surface area contributed by atoms with Gasteiger partial charge in [-0.25, -0.2) is 0 Å². The highest BCUT2D eigenvalue weighted by Crippen LogP contribution is 2.27. The first kappa shape index (κ1) is 15.5. The Morgan fingerprint density at radius 1 is 1.42 bits per heavy atom. The van der Waals surface area contributed by atoms with Gasteiger partial charge in [0.1, 0.15) is 0 Å². The molecule has 0 saturated carbocycles. The van der Waals surface area contributed by atoms with E-state index in [4.69, 9.17) is 0 Å². The third kappa shape index (κ3) is 4.28. The van der Waals surface area contributed by atoms with Gasteiger partial charge in [-0.1, -0.05) is 44.8 Å². The van der Waals surface area contributed by atoms with E-state index in [1.165, 1.54) is 36.1 Å². The summed E-state index contributed by atoms with van der Waals surface area (Å²) >= 11 is 7.14. The Balaban J connectivity index is 1.86. The van der Waals surface area contributed by atoms with Crippen LogP contribution < -0.4 is 5.32 Å². The molecule has 0 aromatic heterocycles. The van der Waals surface area contributed by atoms with Gasteiger partial charge in [-0.15, -0.1) is 0 Å². The standard InChI is InChI=1S/C15H22Br2N2/c1-3-19-7-6-12(10-19)9-18-11(2)14-5-4-13(16)8-15(14)17/h4-5,8,11-12,18H,3,6-7,9-10H2,1-2H3. The second-order valence-electron chi connectivity index (χ2n) is 5.34. The van der Waals surface area contributed by atoms with Crippen molar-refractivity contribution in [2.75, 3.05) is 26.2 Å². The normalized spacial score (nSPS) is 21.8. The van der Waals surface area contributed by atoms with Gasteiger partial charge in [0, 0.05) is 21.5 Å². The summed E-state index contributed by atoms with van der Waals surface area (Å²) in [5, 5.41) is 3.67. The van der Waals surface area contributed by atoms with Gasteiger partial charge in [-0.05, 0) is 56.6 Å². The SMILES string of the molecule is CCN1CCC(CNC(C)c2ccc(Br)cc2Br)C1. The molecule has 1 fully saturated rings. The summed E-state index contributed by atoms with van der Waals surface area (Å²) < 4.78 is 2.29. The van der Waals surface area contributed by atoms with Crippen molar-refractivity contribution < 1.29 is 0 Å². The first-order valence-electron chi connectivity index (χ1n) is 7.00. The average Bonchev–Trinajstić information content (AvgIpc) is 2.84. The summed E-state index contributed by atoms with van der Waals surface area (Å²) in [5.74, 6) is 0.802. The zero-order chi connectivity index (χ0) is 13.8. The van der Waals surface area contributed by atoms with Crippen LogP contribution in [0.25, 0.3) is 0 Å². The van der Waals surface area contributed by atoms with Crippen LogP contribution in [0.2, 0.25) is 0 Å². The van der Waals surface area contributed by atoms with Gasteiger partial charge in [-0.2, -0.15) is 0 Å². The van der Waals surface area contributed by atoms with Crippen LogP contribution in [-0.2, 0) is 0 Å². The van der Waals surface area contributed by atoms with Crippen LogP contribution in [-0.4, -0.2) is 31.1 Å². The Morgan fingerprint density at radius 3 is 2.84 bits per heavy atom. The van der Waals surface area contributed by atoms with Crippen molar-refractivity contribution in [3.8, 4) is 0 Å². The molecule has 0 bridgehead atoms. The number of hydrogen-bond acceptors (Lipinski definition) is 2. The van der Waals surface area contributed by atoms with E-state index >= 15 is 0 Å². The van der Waals surface area contributed by atoms with E-state index in [-0.39, 0.29) is 0 Å². The molecule has 0 radical (unpaired) electrons. The lowest BCUT2D eigenvalue weighted by Gasteiger charge is -2.19. The topological polar surface area (TPSA) is 15.3 Å². The minimum atomic E-state index is 0.387. The Labute approximate surface area is 133 Å². The van der Waals surface area contributed by atoms with Gasteiger partial charge >= 0.3 is 0 Å². The third-order valence-corrected chi connectivity index (χ3v) is 5.14. The maximum Gasteiger partial charge on any atom is 0.0303 e. The number of nitrogens with zero attached hydrogens (tertiary/aromatic N) is 1. The Morgan fingerprint density at radius 2 is 2.21 bits per heavy atom. The molecule has 2 rings (SSSR count). The number of hydrogen-bond donors (Lipinski definition) is 1. The number of rotatable bonds is 5. The van der Waals surface area contributed by atoms with E-state index in [9.17, 15) is 0 Å². The third-order valence-electron chi connectivity index (χ3n) is 3.96. The van der Waals surface area contributed by atoms with Crippen LogP contribution in [0.15, 0.2) is 27.1 Å². The first-order chi connectivity index (χ1) is 9.10. The van der Waals surface area contributed by atoms with E-state index in [2.05, 4.69) is 74.1 Å². The molecule has 2 atom stereocenters. The molecule has 2 unspecified atom stereocenters. The van der Waals surface area contributed by atoms with E-state index < -0.39 is 0 Å². The molecule has 0 spiro atoms. The molecule has 1 aliphatic heterocycles.